The quantitative estimate of drug-likeness (QED) is 0.0225. The summed E-state index contributed by atoms with van der Waals surface area (Å²) in [5.74, 6) is 0.815. The van der Waals surface area contributed by atoms with Gasteiger partial charge in [-0.1, -0.05) is 137 Å². The van der Waals surface area contributed by atoms with Crippen molar-refractivity contribution in [3.8, 4) is 5.75 Å². The van der Waals surface area contributed by atoms with E-state index in [0.29, 0.717) is 31.1 Å². The van der Waals surface area contributed by atoms with Crippen LogP contribution >= 0.6 is 0 Å². The molecule has 0 radical (unpaired) electrons. The van der Waals surface area contributed by atoms with E-state index >= 15 is 0 Å². The molecule has 8 nitrogen and oxygen atoms in total. The Kier molecular flexibility index (Phi) is 28.3. The number of carbonyl (C=O) groups is 3. The Bertz CT molecular complexity index is 1110. The second kappa shape index (κ2) is 31.2. The van der Waals surface area contributed by atoms with Crippen LogP contribution in [0.1, 0.15) is 182 Å². The van der Waals surface area contributed by atoms with Gasteiger partial charge in [0.2, 0.25) is 0 Å². The number of methoxy groups -OCH3 is 1. The van der Waals surface area contributed by atoms with Crippen molar-refractivity contribution in [2.75, 3.05) is 26.9 Å². The Balaban J connectivity index is 3.25. The van der Waals surface area contributed by atoms with Crippen LogP contribution in [0, 0.1) is 17.3 Å². The van der Waals surface area contributed by atoms with Crippen molar-refractivity contribution < 1.29 is 38.1 Å². The molecular weight excluding hydrogens is 680 g/mol. The molecule has 0 bridgehead atoms. The van der Waals surface area contributed by atoms with Crippen LogP contribution < -0.4 is 4.74 Å². The van der Waals surface area contributed by atoms with Gasteiger partial charge in [-0.05, 0) is 62.6 Å². The molecule has 0 heterocycles. The second-order valence-corrected chi connectivity index (χ2v) is 15.5. The number of benzene rings is 1. The number of unbranched alkanes of at least 4 members (excludes halogenated alkanes) is 11. The first-order valence-corrected chi connectivity index (χ1v) is 21.6. The lowest BCUT2D eigenvalue weighted by Crippen LogP contribution is -2.36. The van der Waals surface area contributed by atoms with Crippen LogP contribution in [-0.4, -0.2) is 44.8 Å². The molecule has 0 saturated heterocycles. The lowest BCUT2D eigenvalue weighted by molar-refractivity contribution is -0.159. The van der Waals surface area contributed by atoms with Gasteiger partial charge in [0.05, 0.1) is 18.6 Å². The third kappa shape index (κ3) is 23.0. The average molecular weight is 759 g/mol. The van der Waals surface area contributed by atoms with Crippen LogP contribution in [0.3, 0.4) is 0 Å². The number of carbonyl (C=O) groups excluding carboxylic acids is 3. The molecule has 0 fully saturated rings. The number of hydrogen-bond acceptors (Lipinski definition) is 8. The van der Waals surface area contributed by atoms with E-state index < -0.39 is 11.4 Å². The molecule has 54 heavy (non-hydrogen) atoms. The molecule has 8 heteroatoms. The zero-order valence-corrected chi connectivity index (χ0v) is 35.5. The van der Waals surface area contributed by atoms with E-state index in [0.717, 1.165) is 133 Å². The van der Waals surface area contributed by atoms with E-state index in [1.165, 1.54) is 0 Å². The van der Waals surface area contributed by atoms with Gasteiger partial charge in [0.15, 0.2) is 0 Å². The highest BCUT2D eigenvalue weighted by atomic mass is 16.6. The first-order valence-electron chi connectivity index (χ1n) is 21.6. The van der Waals surface area contributed by atoms with E-state index in [1.54, 1.807) is 13.2 Å². The van der Waals surface area contributed by atoms with Crippen LogP contribution in [0.4, 0.5) is 0 Å². The number of allylic oxidation sites excluding steroid dienone is 1. The molecule has 1 rings (SSSR count). The second-order valence-electron chi connectivity index (χ2n) is 15.5. The Morgan fingerprint density at radius 1 is 0.593 bits per heavy atom. The van der Waals surface area contributed by atoms with Gasteiger partial charge >= 0.3 is 17.9 Å². The molecule has 1 aromatic rings. The summed E-state index contributed by atoms with van der Waals surface area (Å²) in [5.41, 5.74) is 0.0744. The summed E-state index contributed by atoms with van der Waals surface area (Å²) >= 11 is 0. The van der Waals surface area contributed by atoms with Gasteiger partial charge in [0, 0.05) is 18.8 Å². The largest absolute Gasteiger partial charge is 0.497 e. The molecule has 0 aromatic heterocycles. The predicted molar refractivity (Wildman–Crippen MR) is 219 cm³/mol. The van der Waals surface area contributed by atoms with Crippen molar-refractivity contribution >= 4 is 17.9 Å². The summed E-state index contributed by atoms with van der Waals surface area (Å²) in [6.07, 6.45) is 22.2. The Labute approximate surface area is 329 Å². The minimum absolute atomic E-state index is 0.0162. The van der Waals surface area contributed by atoms with Gasteiger partial charge in [-0.15, -0.1) is 0 Å². The van der Waals surface area contributed by atoms with Gasteiger partial charge in [0.1, 0.15) is 37.9 Å². The molecule has 310 valence electrons. The summed E-state index contributed by atoms with van der Waals surface area (Å²) in [6.45, 7) is 13.0. The molecule has 1 atom stereocenters. The zero-order valence-electron chi connectivity index (χ0n) is 35.5. The fraction of sp³-hybridized carbons (Fsp3) is 0.761. The van der Waals surface area contributed by atoms with Crippen molar-refractivity contribution in [3.05, 3.63) is 41.7 Å². The van der Waals surface area contributed by atoms with Crippen LogP contribution in [0.25, 0.3) is 0 Å². The SMILES string of the molecule is CCCCCCCC(=O)OCC(C)(COC(=O)C=C(OCc1ccc(OC)cc1)C(CCCC)C(CCCC)CCCC)COC(=O)CCCCCCC. The lowest BCUT2D eigenvalue weighted by atomic mass is 9.79. The van der Waals surface area contributed by atoms with E-state index in [4.69, 9.17) is 23.7 Å². The van der Waals surface area contributed by atoms with Crippen LogP contribution in [0.15, 0.2) is 36.1 Å². The van der Waals surface area contributed by atoms with Gasteiger partial charge in [0.25, 0.3) is 0 Å². The lowest BCUT2D eigenvalue weighted by Gasteiger charge is -2.30. The summed E-state index contributed by atoms with van der Waals surface area (Å²) in [5, 5.41) is 0. The number of hydrogen-bond donors (Lipinski definition) is 0. The molecule has 1 aromatic carbocycles. The first-order chi connectivity index (χ1) is 26.1. The molecule has 0 aliphatic carbocycles. The van der Waals surface area contributed by atoms with Crippen molar-refractivity contribution in [2.24, 2.45) is 17.3 Å². The number of rotatable bonds is 34. The maximum absolute atomic E-state index is 13.7. The van der Waals surface area contributed by atoms with E-state index in [-0.39, 0.29) is 37.7 Å². The van der Waals surface area contributed by atoms with Crippen molar-refractivity contribution in [2.45, 2.75) is 183 Å². The number of esters is 3. The first kappa shape index (κ1) is 49.0. The highest BCUT2D eigenvalue weighted by Crippen LogP contribution is 2.35. The van der Waals surface area contributed by atoms with Gasteiger partial charge in [-0.3, -0.25) is 9.59 Å². The fourth-order valence-corrected chi connectivity index (χ4v) is 6.59. The van der Waals surface area contributed by atoms with Gasteiger partial charge < -0.3 is 23.7 Å². The van der Waals surface area contributed by atoms with Crippen LogP contribution in [0.2, 0.25) is 0 Å². The fourth-order valence-electron chi connectivity index (χ4n) is 6.59. The van der Waals surface area contributed by atoms with Crippen LogP contribution in [0.5, 0.6) is 5.75 Å². The molecule has 0 aliphatic rings. The molecule has 0 N–H and O–H groups in total. The topological polar surface area (TPSA) is 97.4 Å². The third-order valence-corrected chi connectivity index (χ3v) is 10.2. The van der Waals surface area contributed by atoms with E-state index in [1.807, 2.05) is 31.2 Å². The van der Waals surface area contributed by atoms with E-state index in [9.17, 15) is 14.4 Å². The molecule has 0 amide bonds. The predicted octanol–water partition coefficient (Wildman–Crippen LogP) is 12.3. The molecule has 0 saturated carbocycles. The highest BCUT2D eigenvalue weighted by molar-refractivity contribution is 5.82. The maximum atomic E-state index is 13.7. The van der Waals surface area contributed by atoms with Crippen molar-refractivity contribution in [1.82, 2.24) is 0 Å². The van der Waals surface area contributed by atoms with Gasteiger partial charge in [-0.2, -0.15) is 0 Å². The zero-order chi connectivity index (χ0) is 39.9. The van der Waals surface area contributed by atoms with E-state index in [2.05, 4.69) is 34.6 Å². The van der Waals surface area contributed by atoms with Crippen molar-refractivity contribution in [3.63, 3.8) is 0 Å². The average Bonchev–Trinajstić information content (AvgIpc) is 3.18. The molecular formula is C46H78O8. The molecule has 0 spiro atoms. The Morgan fingerprint density at radius 3 is 1.54 bits per heavy atom. The van der Waals surface area contributed by atoms with Crippen molar-refractivity contribution in [1.29, 1.82) is 0 Å². The Hall–Kier alpha value is -3.03. The summed E-state index contributed by atoms with van der Waals surface area (Å²) in [6, 6.07) is 7.78. The standard InChI is InChI=1S/C46H78O8/c1-8-13-18-20-22-27-43(47)52-35-46(6,36-53-44(48)28-23-21-19-14-9-2)37-54-45(49)33-42(51-34-38-29-31-40(50-7)32-30-38)41(26-17-12-5)39(24-15-10-3)25-16-11-4/h29-33,39,41H,8-28,34-37H2,1-7H3. The molecule has 1 unspecified atom stereocenters. The molecule has 0 aliphatic heterocycles. The number of ether oxygens (including phenoxy) is 5. The summed E-state index contributed by atoms with van der Waals surface area (Å²) < 4.78 is 29.3. The Morgan fingerprint density at radius 2 is 1.06 bits per heavy atom. The van der Waals surface area contributed by atoms with Gasteiger partial charge in [-0.25, -0.2) is 4.79 Å². The summed E-state index contributed by atoms with van der Waals surface area (Å²) in [4.78, 5) is 39.1. The highest BCUT2D eigenvalue weighted by Gasteiger charge is 2.32. The maximum Gasteiger partial charge on any atom is 0.334 e. The minimum atomic E-state index is -0.907. The smallest absolute Gasteiger partial charge is 0.334 e. The monoisotopic (exact) mass is 759 g/mol. The normalized spacial score (nSPS) is 12.4. The third-order valence-electron chi connectivity index (χ3n) is 10.2. The summed E-state index contributed by atoms with van der Waals surface area (Å²) in [7, 11) is 1.65. The minimum Gasteiger partial charge on any atom is -0.497 e. The van der Waals surface area contributed by atoms with Crippen LogP contribution in [-0.2, 0) is 39.9 Å².